The van der Waals surface area contributed by atoms with Crippen LogP contribution in [0.3, 0.4) is 0 Å². The van der Waals surface area contributed by atoms with Gasteiger partial charge in [0.2, 0.25) is 0 Å². The zero-order valence-electron chi connectivity index (χ0n) is 17.8. The third-order valence-corrected chi connectivity index (χ3v) is 5.54. The van der Waals surface area contributed by atoms with Crippen molar-refractivity contribution >= 4 is 6.09 Å². The van der Waals surface area contributed by atoms with Crippen molar-refractivity contribution < 1.29 is 28.2 Å². The maximum atomic E-state index is 12.7. The van der Waals surface area contributed by atoms with Crippen LogP contribution >= 0.6 is 0 Å². The van der Waals surface area contributed by atoms with Gasteiger partial charge in [0.25, 0.3) is 0 Å². The van der Waals surface area contributed by atoms with Crippen molar-refractivity contribution in [2.45, 2.75) is 65.2 Å². The number of hydrogen-bond donors (Lipinski definition) is 1. The van der Waals surface area contributed by atoms with E-state index in [-0.39, 0.29) is 36.6 Å². The smallest absolute Gasteiger partial charge is 0.407 e. The van der Waals surface area contributed by atoms with Gasteiger partial charge in [-0.15, -0.1) is 0 Å². The van der Waals surface area contributed by atoms with E-state index >= 15 is 0 Å². The van der Waals surface area contributed by atoms with Crippen LogP contribution in [0.2, 0.25) is 0 Å². The Morgan fingerprint density at radius 3 is 2.53 bits per heavy atom. The molecular formula is C20H28F2N4O4. The van der Waals surface area contributed by atoms with Crippen LogP contribution in [0.5, 0.6) is 11.5 Å². The standard InChI is InChI=1S/C20H28F2N4O4/c1-12(2)29-16-8-13(6-7-15(16)30-17(21)22)14-9-20(11-24-25-23,19(3,4)5)26(10-14)18(27)28/h6-8,12,14,17H,9-11H2,1-5H3,(H,27,28)/t14-,20+/m1/s1. The number of carboxylic acid groups (broad SMARTS) is 1. The fourth-order valence-electron chi connectivity index (χ4n) is 4.03. The van der Waals surface area contributed by atoms with Crippen molar-refractivity contribution in [1.82, 2.24) is 4.90 Å². The highest BCUT2D eigenvalue weighted by Gasteiger charge is 2.54. The lowest BCUT2D eigenvalue weighted by Crippen LogP contribution is -2.57. The lowest BCUT2D eigenvalue weighted by Gasteiger charge is -2.46. The van der Waals surface area contributed by atoms with Gasteiger partial charge in [-0.1, -0.05) is 32.0 Å². The number of alkyl halides is 2. The summed E-state index contributed by atoms with van der Waals surface area (Å²) < 4.78 is 35.7. The maximum absolute atomic E-state index is 12.7. The van der Waals surface area contributed by atoms with Crippen LogP contribution in [0.4, 0.5) is 13.6 Å². The van der Waals surface area contributed by atoms with E-state index in [1.54, 1.807) is 26.0 Å². The van der Waals surface area contributed by atoms with Crippen molar-refractivity contribution in [3.63, 3.8) is 0 Å². The normalized spacial score (nSPS) is 21.6. The molecule has 166 valence electrons. The van der Waals surface area contributed by atoms with E-state index in [1.165, 1.54) is 11.0 Å². The number of ether oxygens (including phenoxy) is 2. The first-order valence-electron chi connectivity index (χ1n) is 9.68. The number of hydrogen-bond acceptors (Lipinski definition) is 4. The first kappa shape index (κ1) is 23.5. The average Bonchev–Trinajstić information content (AvgIpc) is 3.02. The molecule has 1 aromatic rings. The van der Waals surface area contributed by atoms with E-state index in [4.69, 9.17) is 10.3 Å². The maximum Gasteiger partial charge on any atom is 0.407 e. The fraction of sp³-hybridized carbons (Fsp3) is 0.650. The van der Waals surface area contributed by atoms with Crippen molar-refractivity contribution in [1.29, 1.82) is 0 Å². The minimum Gasteiger partial charge on any atom is -0.487 e. The number of likely N-dealkylation sites (tertiary alicyclic amines) is 1. The topological polar surface area (TPSA) is 108 Å². The largest absolute Gasteiger partial charge is 0.487 e. The molecule has 1 amide bonds. The summed E-state index contributed by atoms with van der Waals surface area (Å²) in [7, 11) is 0. The molecule has 0 spiro atoms. The first-order chi connectivity index (χ1) is 13.9. The Hall–Kier alpha value is -2.74. The van der Waals surface area contributed by atoms with Gasteiger partial charge in [0.15, 0.2) is 11.5 Å². The average molecular weight is 426 g/mol. The van der Waals surface area contributed by atoms with E-state index in [0.717, 1.165) is 5.56 Å². The molecule has 8 nitrogen and oxygen atoms in total. The second-order valence-corrected chi connectivity index (χ2v) is 8.72. The Kier molecular flexibility index (Phi) is 7.02. The van der Waals surface area contributed by atoms with Crippen LogP contribution in [0.15, 0.2) is 23.3 Å². The molecule has 10 heteroatoms. The summed E-state index contributed by atoms with van der Waals surface area (Å²) in [6.45, 7) is 6.45. The SMILES string of the molecule is CC(C)Oc1cc([C@H]2CN(C(=O)O)[C@@](CN=[N+]=[N-])(C(C)(C)C)C2)ccc1OC(F)F. The van der Waals surface area contributed by atoms with Crippen molar-refractivity contribution in [3.05, 3.63) is 34.2 Å². The van der Waals surface area contributed by atoms with Gasteiger partial charge in [-0.05, 0) is 48.9 Å². The molecule has 1 fully saturated rings. The number of azide groups is 1. The Labute approximate surface area is 174 Å². The van der Waals surface area contributed by atoms with E-state index in [1.807, 2.05) is 20.8 Å². The van der Waals surface area contributed by atoms with Crippen molar-refractivity contribution in [2.24, 2.45) is 10.5 Å². The Balaban J connectivity index is 2.48. The number of nitrogens with zero attached hydrogens (tertiary/aromatic N) is 4. The molecule has 0 bridgehead atoms. The van der Waals surface area contributed by atoms with Crippen LogP contribution in [-0.4, -0.2) is 47.4 Å². The van der Waals surface area contributed by atoms with E-state index < -0.39 is 23.7 Å². The molecule has 1 heterocycles. The molecule has 1 aliphatic heterocycles. The van der Waals surface area contributed by atoms with Crippen LogP contribution in [-0.2, 0) is 0 Å². The number of halogens is 2. The van der Waals surface area contributed by atoms with Gasteiger partial charge in [-0.25, -0.2) is 4.79 Å². The summed E-state index contributed by atoms with van der Waals surface area (Å²) in [5.41, 5.74) is 8.16. The number of amides is 1. The summed E-state index contributed by atoms with van der Waals surface area (Å²) in [4.78, 5) is 16.2. The van der Waals surface area contributed by atoms with E-state index in [9.17, 15) is 18.7 Å². The third-order valence-electron chi connectivity index (χ3n) is 5.54. The van der Waals surface area contributed by atoms with Gasteiger partial charge < -0.3 is 19.5 Å². The summed E-state index contributed by atoms with van der Waals surface area (Å²) in [5.74, 6) is -0.135. The minimum absolute atomic E-state index is 0.00225. The highest BCUT2D eigenvalue weighted by atomic mass is 19.3. The fourth-order valence-corrected chi connectivity index (χ4v) is 4.03. The quantitative estimate of drug-likeness (QED) is 0.346. The van der Waals surface area contributed by atoms with Gasteiger partial charge >= 0.3 is 12.7 Å². The van der Waals surface area contributed by atoms with Crippen molar-refractivity contribution in [2.75, 3.05) is 13.1 Å². The van der Waals surface area contributed by atoms with Gasteiger partial charge in [0.05, 0.1) is 11.6 Å². The minimum atomic E-state index is -2.99. The zero-order valence-corrected chi connectivity index (χ0v) is 17.8. The summed E-state index contributed by atoms with van der Waals surface area (Å²) in [6, 6.07) is 4.67. The molecule has 0 aromatic heterocycles. The van der Waals surface area contributed by atoms with E-state index in [0.29, 0.717) is 6.42 Å². The van der Waals surface area contributed by atoms with Crippen molar-refractivity contribution in [3.8, 4) is 11.5 Å². The summed E-state index contributed by atoms with van der Waals surface area (Å²) in [6.07, 6.45) is -0.951. The monoisotopic (exact) mass is 426 g/mol. The Bertz CT molecular complexity index is 822. The summed E-state index contributed by atoms with van der Waals surface area (Å²) in [5, 5.41) is 13.6. The molecular weight excluding hydrogens is 398 g/mol. The Morgan fingerprint density at radius 1 is 1.37 bits per heavy atom. The lowest BCUT2D eigenvalue weighted by molar-refractivity contribution is -0.0519. The van der Waals surface area contributed by atoms with Crippen LogP contribution in [0.25, 0.3) is 10.4 Å². The molecule has 30 heavy (non-hydrogen) atoms. The predicted octanol–water partition coefficient (Wildman–Crippen LogP) is 5.64. The third kappa shape index (κ3) is 4.87. The molecule has 2 rings (SSSR count). The van der Waals surface area contributed by atoms with Crippen LogP contribution < -0.4 is 9.47 Å². The molecule has 0 unspecified atom stereocenters. The second-order valence-electron chi connectivity index (χ2n) is 8.72. The van der Waals surface area contributed by atoms with Gasteiger partial charge in [0, 0.05) is 23.9 Å². The molecule has 1 aliphatic rings. The van der Waals surface area contributed by atoms with Crippen LogP contribution in [0, 0.1) is 5.41 Å². The molecule has 1 aromatic carbocycles. The zero-order chi connectivity index (χ0) is 22.7. The van der Waals surface area contributed by atoms with Gasteiger partial charge in [-0.3, -0.25) is 0 Å². The van der Waals surface area contributed by atoms with Gasteiger partial charge in [0.1, 0.15) is 0 Å². The summed E-state index contributed by atoms with van der Waals surface area (Å²) >= 11 is 0. The Morgan fingerprint density at radius 2 is 2.03 bits per heavy atom. The molecule has 0 radical (unpaired) electrons. The number of benzene rings is 1. The second kappa shape index (κ2) is 8.95. The van der Waals surface area contributed by atoms with E-state index in [2.05, 4.69) is 14.8 Å². The molecule has 0 saturated carbocycles. The highest BCUT2D eigenvalue weighted by Crippen LogP contribution is 2.50. The molecule has 1 saturated heterocycles. The number of carbonyl (C=O) groups is 1. The van der Waals surface area contributed by atoms with Gasteiger partial charge in [-0.2, -0.15) is 8.78 Å². The molecule has 1 N–H and O–H groups in total. The molecule has 0 aliphatic carbocycles. The van der Waals surface area contributed by atoms with Crippen LogP contribution in [0.1, 0.15) is 52.5 Å². The predicted molar refractivity (Wildman–Crippen MR) is 107 cm³/mol. The highest BCUT2D eigenvalue weighted by molar-refractivity contribution is 5.67. The molecule has 2 atom stereocenters. The number of rotatable bonds is 7. The first-order valence-corrected chi connectivity index (χ1v) is 9.68. The lowest BCUT2D eigenvalue weighted by atomic mass is 9.70.